The van der Waals surface area contributed by atoms with Gasteiger partial charge < -0.3 is 5.32 Å². The summed E-state index contributed by atoms with van der Waals surface area (Å²) in [6.45, 7) is 0. The van der Waals surface area contributed by atoms with Crippen LogP contribution in [0.1, 0.15) is 43.6 Å². The molecule has 1 aromatic carbocycles. The molecule has 1 atom stereocenters. The van der Waals surface area contributed by atoms with Gasteiger partial charge in [0.05, 0.1) is 6.07 Å². The average Bonchev–Trinajstić information content (AvgIpc) is 2.44. The molecule has 2 nitrogen and oxygen atoms in total. The molecular formula is C17H19FN2. The van der Waals surface area contributed by atoms with Gasteiger partial charge >= 0.3 is 0 Å². The van der Waals surface area contributed by atoms with E-state index >= 15 is 0 Å². The minimum absolute atomic E-state index is 0.162. The monoisotopic (exact) mass is 270 g/mol. The molecule has 2 aliphatic rings. The number of nitriles is 1. The first-order valence-electron chi connectivity index (χ1n) is 7.35. The minimum Gasteiger partial charge on any atom is -0.311 e. The van der Waals surface area contributed by atoms with Crippen LogP contribution in [0.3, 0.4) is 0 Å². The van der Waals surface area contributed by atoms with Gasteiger partial charge in [-0.15, -0.1) is 0 Å². The number of hydrogen-bond acceptors (Lipinski definition) is 2. The van der Waals surface area contributed by atoms with Gasteiger partial charge in [-0.3, -0.25) is 0 Å². The molecule has 0 saturated heterocycles. The second kappa shape index (κ2) is 5.76. The lowest BCUT2D eigenvalue weighted by Crippen LogP contribution is -2.45. The maximum Gasteiger partial charge on any atom is 0.123 e. The lowest BCUT2D eigenvalue weighted by molar-refractivity contribution is 0.257. The second-order valence-corrected chi connectivity index (χ2v) is 5.90. The molecule has 0 amide bonds. The van der Waals surface area contributed by atoms with E-state index in [0.717, 1.165) is 37.7 Å². The first-order chi connectivity index (χ1) is 9.74. The molecular weight excluding hydrogens is 251 g/mol. The molecule has 104 valence electrons. The van der Waals surface area contributed by atoms with Crippen LogP contribution in [0.5, 0.6) is 0 Å². The van der Waals surface area contributed by atoms with Gasteiger partial charge in [0.1, 0.15) is 5.82 Å². The summed E-state index contributed by atoms with van der Waals surface area (Å²) in [5, 5.41) is 12.5. The van der Waals surface area contributed by atoms with Crippen LogP contribution in [-0.4, -0.2) is 12.1 Å². The highest BCUT2D eigenvalue weighted by atomic mass is 19.1. The summed E-state index contributed by atoms with van der Waals surface area (Å²) in [5.74, 6) is 0.409. The number of nitrogens with one attached hydrogen (secondary N) is 1. The van der Waals surface area contributed by atoms with Crippen LogP contribution in [0, 0.1) is 17.1 Å². The topological polar surface area (TPSA) is 35.8 Å². The number of nitrogens with zero attached hydrogens (tertiary/aromatic N) is 1. The van der Waals surface area contributed by atoms with Gasteiger partial charge in [-0.1, -0.05) is 18.2 Å². The Labute approximate surface area is 119 Å². The molecule has 1 saturated carbocycles. The van der Waals surface area contributed by atoms with Gasteiger partial charge in [-0.2, -0.15) is 5.26 Å². The van der Waals surface area contributed by atoms with E-state index in [1.807, 2.05) is 12.1 Å². The van der Waals surface area contributed by atoms with Crippen molar-refractivity contribution < 1.29 is 4.39 Å². The predicted octanol–water partition coefficient (Wildman–Crippen LogP) is 3.66. The standard InChI is InChI=1S/C17H19FN2/c18-15-5-3-13(4-6-15)14-9-17(10-14)20-16-7-1-12(11-19)2-8-16/h1,3-6,14,16-17,20H,2,7-10H2. The van der Waals surface area contributed by atoms with E-state index in [4.69, 9.17) is 5.26 Å². The fourth-order valence-corrected chi connectivity index (χ4v) is 3.18. The van der Waals surface area contributed by atoms with E-state index in [1.54, 1.807) is 12.1 Å². The van der Waals surface area contributed by atoms with E-state index in [0.29, 0.717) is 18.0 Å². The summed E-state index contributed by atoms with van der Waals surface area (Å²) >= 11 is 0. The maximum absolute atomic E-state index is 12.9. The molecule has 0 aromatic heterocycles. The highest BCUT2D eigenvalue weighted by Gasteiger charge is 2.31. The summed E-state index contributed by atoms with van der Waals surface area (Å²) in [6.07, 6.45) is 7.28. The van der Waals surface area contributed by atoms with Crippen molar-refractivity contribution in [2.75, 3.05) is 0 Å². The SMILES string of the molecule is N#CC1=CCC(NC2CC(c3ccc(F)cc3)C2)CC1. The Bertz CT molecular complexity index is 535. The zero-order chi connectivity index (χ0) is 13.9. The summed E-state index contributed by atoms with van der Waals surface area (Å²) < 4.78 is 12.9. The molecule has 1 N–H and O–H groups in total. The van der Waals surface area contributed by atoms with Crippen LogP contribution in [0.15, 0.2) is 35.9 Å². The Kier molecular flexibility index (Phi) is 3.84. The molecule has 3 heteroatoms. The van der Waals surface area contributed by atoms with Gasteiger partial charge in [-0.05, 0) is 55.7 Å². The normalized spacial score (nSPS) is 29.2. The van der Waals surface area contributed by atoms with Crippen molar-refractivity contribution in [3.05, 3.63) is 47.3 Å². The van der Waals surface area contributed by atoms with Crippen LogP contribution in [0.2, 0.25) is 0 Å². The Morgan fingerprint density at radius 3 is 2.50 bits per heavy atom. The first-order valence-corrected chi connectivity index (χ1v) is 7.35. The summed E-state index contributed by atoms with van der Waals surface area (Å²) in [4.78, 5) is 0. The van der Waals surface area contributed by atoms with Gasteiger partial charge in [-0.25, -0.2) is 4.39 Å². The number of rotatable bonds is 3. The molecule has 1 aromatic rings. The van der Waals surface area contributed by atoms with Crippen LogP contribution in [-0.2, 0) is 0 Å². The number of benzene rings is 1. The zero-order valence-corrected chi connectivity index (χ0v) is 11.5. The van der Waals surface area contributed by atoms with Gasteiger partial charge in [0.2, 0.25) is 0 Å². The van der Waals surface area contributed by atoms with Gasteiger partial charge in [0.15, 0.2) is 0 Å². The van der Waals surface area contributed by atoms with Crippen LogP contribution in [0.4, 0.5) is 4.39 Å². The van der Waals surface area contributed by atoms with Gasteiger partial charge in [0.25, 0.3) is 0 Å². The zero-order valence-electron chi connectivity index (χ0n) is 11.5. The molecule has 1 fully saturated rings. The largest absolute Gasteiger partial charge is 0.311 e. The quantitative estimate of drug-likeness (QED) is 0.909. The summed E-state index contributed by atoms with van der Waals surface area (Å²) in [6, 6.07) is 10.2. The molecule has 2 aliphatic carbocycles. The maximum atomic E-state index is 12.9. The molecule has 1 unspecified atom stereocenters. The third-order valence-electron chi connectivity index (χ3n) is 4.51. The second-order valence-electron chi connectivity index (χ2n) is 5.90. The fourth-order valence-electron chi connectivity index (χ4n) is 3.18. The van der Waals surface area contributed by atoms with Crippen molar-refractivity contribution in [3.8, 4) is 6.07 Å². The molecule has 3 rings (SSSR count). The minimum atomic E-state index is -0.162. The predicted molar refractivity (Wildman–Crippen MR) is 76.6 cm³/mol. The fraction of sp³-hybridized carbons (Fsp3) is 0.471. The Morgan fingerprint density at radius 2 is 1.90 bits per heavy atom. The molecule has 20 heavy (non-hydrogen) atoms. The third kappa shape index (κ3) is 2.91. The smallest absolute Gasteiger partial charge is 0.123 e. The molecule has 0 aliphatic heterocycles. The van der Waals surface area contributed by atoms with Crippen molar-refractivity contribution in [1.29, 1.82) is 5.26 Å². The summed E-state index contributed by atoms with van der Waals surface area (Å²) in [5.41, 5.74) is 2.18. The number of hydrogen-bond donors (Lipinski definition) is 1. The van der Waals surface area contributed by atoms with Crippen LogP contribution in [0.25, 0.3) is 0 Å². The van der Waals surface area contributed by atoms with Crippen molar-refractivity contribution >= 4 is 0 Å². The van der Waals surface area contributed by atoms with Crippen LogP contribution < -0.4 is 5.32 Å². The van der Waals surface area contributed by atoms with E-state index in [-0.39, 0.29) is 5.82 Å². The molecule has 0 spiro atoms. The molecule has 0 radical (unpaired) electrons. The molecule has 0 bridgehead atoms. The highest BCUT2D eigenvalue weighted by Crippen LogP contribution is 2.37. The van der Waals surface area contributed by atoms with E-state index in [9.17, 15) is 4.39 Å². The lowest BCUT2D eigenvalue weighted by atomic mass is 9.75. The average molecular weight is 270 g/mol. The van der Waals surface area contributed by atoms with Crippen LogP contribution >= 0.6 is 0 Å². The van der Waals surface area contributed by atoms with Crippen molar-refractivity contribution in [2.45, 2.75) is 50.1 Å². The van der Waals surface area contributed by atoms with Crippen molar-refractivity contribution in [3.63, 3.8) is 0 Å². The van der Waals surface area contributed by atoms with Crippen molar-refractivity contribution in [2.24, 2.45) is 0 Å². The van der Waals surface area contributed by atoms with Gasteiger partial charge in [0, 0.05) is 17.7 Å². The number of allylic oxidation sites excluding steroid dienone is 1. The first kappa shape index (κ1) is 13.3. The van der Waals surface area contributed by atoms with E-state index < -0.39 is 0 Å². The Morgan fingerprint density at radius 1 is 1.15 bits per heavy atom. The number of halogens is 1. The highest BCUT2D eigenvalue weighted by molar-refractivity contribution is 5.25. The summed E-state index contributed by atoms with van der Waals surface area (Å²) in [7, 11) is 0. The Balaban J connectivity index is 1.46. The van der Waals surface area contributed by atoms with Crippen molar-refractivity contribution in [1.82, 2.24) is 5.32 Å². The molecule has 0 heterocycles. The lowest BCUT2D eigenvalue weighted by Gasteiger charge is -2.39. The van der Waals surface area contributed by atoms with E-state index in [1.165, 1.54) is 5.56 Å². The van der Waals surface area contributed by atoms with E-state index in [2.05, 4.69) is 17.5 Å². The Hall–Kier alpha value is -1.66. The third-order valence-corrected chi connectivity index (χ3v) is 4.51.